The predicted molar refractivity (Wildman–Crippen MR) is 372 cm³/mol. The van der Waals surface area contributed by atoms with Gasteiger partial charge in [-0.2, -0.15) is 0 Å². The maximum atomic E-state index is 16.3. The average molecular weight is 1350 g/mol. The van der Waals surface area contributed by atoms with Gasteiger partial charge in [-0.15, -0.1) is 11.8 Å². The number of amides is 11. The predicted octanol–water partition coefficient (Wildman–Crippen LogP) is 5.45. The van der Waals surface area contributed by atoms with Crippen molar-refractivity contribution in [2.45, 2.75) is 267 Å². The zero-order valence-electron chi connectivity index (χ0n) is 62.5. The fraction of sp³-hybridized carbons (Fsp3) is 0.812. The van der Waals surface area contributed by atoms with Crippen LogP contribution < -0.4 is 26.6 Å². The summed E-state index contributed by atoms with van der Waals surface area (Å²) in [7, 11) is 10.1. The number of aliphatic hydroxyl groups is 1. The number of thioether (sulfide) groups is 1. The van der Waals surface area contributed by atoms with Gasteiger partial charge in [-0.05, 0) is 121 Å². The lowest BCUT2D eigenvalue weighted by Crippen LogP contribution is -2.68. The summed E-state index contributed by atoms with van der Waals surface area (Å²) in [5, 5.41) is 26.7. The van der Waals surface area contributed by atoms with Gasteiger partial charge in [0, 0.05) is 55.4 Å². The summed E-state index contributed by atoms with van der Waals surface area (Å²) in [5.74, 6) is -10.1. The molecule has 0 aromatic heterocycles. The van der Waals surface area contributed by atoms with Crippen LogP contribution in [0.1, 0.15) is 190 Å². The molecule has 1 fully saturated rings. The van der Waals surface area contributed by atoms with Crippen LogP contribution in [-0.2, 0) is 52.7 Å². The summed E-state index contributed by atoms with van der Waals surface area (Å²) in [6.07, 6.45) is 4.55. The molecule has 1 saturated heterocycles. The van der Waals surface area contributed by atoms with E-state index in [1.165, 1.54) is 87.7 Å². The number of nitrogens with one attached hydrogen (secondary N) is 5. The Bertz CT molecular complexity index is 2570. The zero-order valence-corrected chi connectivity index (χ0v) is 63.3. The Morgan fingerprint density at radius 1 is 0.553 bits per heavy atom. The van der Waals surface area contributed by atoms with Crippen molar-refractivity contribution >= 4 is 76.7 Å². The second kappa shape index (κ2) is 39.4. The first-order valence-electron chi connectivity index (χ1n) is 34.2. The molecule has 25 heteroatoms. The smallest absolute Gasteiger partial charge is 0.259 e. The molecule has 540 valence electrons. The third kappa shape index (κ3) is 23.8. The van der Waals surface area contributed by atoms with E-state index in [0.717, 1.165) is 34.4 Å². The number of carbonyl (C=O) groups is 11. The molecule has 1 aliphatic heterocycles. The van der Waals surface area contributed by atoms with Crippen molar-refractivity contribution in [1.29, 1.82) is 0 Å². The highest BCUT2D eigenvalue weighted by molar-refractivity contribution is 8.01. The largest absolute Gasteiger partial charge is 0.390 e. The topological polar surface area (TPSA) is 291 Å². The van der Waals surface area contributed by atoms with Crippen LogP contribution in [0.3, 0.4) is 0 Å². The molecular weight excluding hydrogens is 1220 g/mol. The second-order valence-electron chi connectivity index (χ2n) is 28.8. The number of allylic oxidation sites excluding steroid dienone is 2. The Morgan fingerprint density at radius 2 is 1.01 bits per heavy atom. The maximum Gasteiger partial charge on any atom is 0.259 e. The van der Waals surface area contributed by atoms with Crippen molar-refractivity contribution in [3.8, 4) is 0 Å². The van der Waals surface area contributed by atoms with Crippen LogP contribution in [0.15, 0.2) is 12.2 Å². The number of likely N-dealkylation sites (N-methyl/N-ethyl adjacent to an activating group) is 7. The van der Waals surface area contributed by atoms with Crippen LogP contribution in [0.5, 0.6) is 0 Å². The van der Waals surface area contributed by atoms with Gasteiger partial charge < -0.3 is 66.0 Å². The van der Waals surface area contributed by atoms with E-state index in [2.05, 4.69) is 33.5 Å². The molecule has 0 aromatic carbocycles. The third-order valence-corrected chi connectivity index (χ3v) is 19.7. The standard InChI is InChI=1S/C69H126N12O12S/c1-28-31-33-45(16)58(83)57-62(87)73-50(30-3)64(89)75(21)38-55(82)76(22)51(34-39(4)5)61(86)74-56(43(12)13)67(92)77(23)52(35-40(6)7)60(85)71-47(18)59(84)72-48(19)63(88)78(24)53(36-41(8)9)65(90)79(25)54(37-42(10)11)66(91)81(27)69(44(14)15,68(93)80(57)26)94-49(20)70-46(17)32-29-2/h28,31,39-54,56-58,70,83H,29-30,32-38H2,1-27H3,(H,71,85)(H,72,84)(H,73,87)(H,74,86)/b31-28+/t45-,46?,47+,48-,49?,50+,51+,52+,53+,54+,56+,57+,58-,69+/m1/s1. The van der Waals surface area contributed by atoms with E-state index in [1.807, 2.05) is 82.2 Å². The van der Waals surface area contributed by atoms with Gasteiger partial charge in [0.05, 0.1) is 18.0 Å². The highest BCUT2D eigenvalue weighted by Crippen LogP contribution is 2.42. The van der Waals surface area contributed by atoms with Gasteiger partial charge in [0.15, 0.2) is 4.87 Å². The van der Waals surface area contributed by atoms with Gasteiger partial charge in [0.2, 0.25) is 59.1 Å². The molecule has 0 aromatic rings. The number of aliphatic hydroxyl groups excluding tert-OH is 1. The van der Waals surface area contributed by atoms with E-state index in [1.54, 1.807) is 47.6 Å². The van der Waals surface area contributed by atoms with E-state index in [-0.39, 0.29) is 68.2 Å². The van der Waals surface area contributed by atoms with Crippen LogP contribution in [0.25, 0.3) is 0 Å². The molecule has 0 saturated carbocycles. The molecule has 6 N–H and O–H groups in total. The quantitative estimate of drug-likeness (QED) is 0.0616. The minimum absolute atomic E-state index is 0.00530. The molecular formula is C69H126N12O12S. The molecule has 0 radical (unpaired) electrons. The van der Waals surface area contributed by atoms with Gasteiger partial charge in [0.1, 0.15) is 54.4 Å². The number of hydrogen-bond acceptors (Lipinski definition) is 14. The first-order valence-corrected chi connectivity index (χ1v) is 35.1. The molecule has 0 spiro atoms. The van der Waals surface area contributed by atoms with Gasteiger partial charge in [-0.3, -0.25) is 52.7 Å². The van der Waals surface area contributed by atoms with Crippen molar-refractivity contribution in [2.24, 2.45) is 41.4 Å². The molecule has 2 unspecified atom stereocenters. The SMILES string of the molecule is C/C=C/C[C@@H](C)[C@@H](O)[C@H]1C(=O)N[C@@H](CC)C(=O)N(C)CC(=O)N(C)[C@@H](CC(C)C)C(=O)N[C@@H](C(C)C)C(=O)N(C)[C@@H](CC(C)C)C(=O)N[C@@H](C)C(=O)N[C@H](C)C(=O)N(C)[C@@H](CC(C)C)C(=O)N(C)[C@@H](CC(C)C)C(=O)N(C)[C@](SC(C)NC(C)CCC)(C(C)C)C(=O)N1C. The molecule has 11 amide bonds. The van der Waals surface area contributed by atoms with Gasteiger partial charge >= 0.3 is 0 Å². The fourth-order valence-corrected chi connectivity index (χ4v) is 13.7. The minimum atomic E-state index is -1.88. The Morgan fingerprint density at radius 3 is 1.48 bits per heavy atom. The van der Waals surface area contributed by atoms with E-state index in [9.17, 15) is 38.7 Å². The highest BCUT2D eigenvalue weighted by atomic mass is 32.2. The molecule has 14 atom stereocenters. The lowest BCUT2D eigenvalue weighted by molar-refractivity contribution is -0.159. The van der Waals surface area contributed by atoms with Crippen molar-refractivity contribution < 1.29 is 57.8 Å². The van der Waals surface area contributed by atoms with Crippen LogP contribution in [0.4, 0.5) is 0 Å². The Hall–Kier alpha value is -5.82. The fourth-order valence-electron chi connectivity index (χ4n) is 12.1. The number of carbonyl (C=O) groups excluding carboxylic acids is 11. The van der Waals surface area contributed by atoms with Crippen LogP contribution in [0.2, 0.25) is 0 Å². The third-order valence-electron chi connectivity index (χ3n) is 17.9. The monoisotopic (exact) mass is 1350 g/mol. The lowest BCUT2D eigenvalue weighted by Gasteiger charge is -2.49. The number of hydrogen-bond donors (Lipinski definition) is 6. The van der Waals surface area contributed by atoms with Gasteiger partial charge in [0.25, 0.3) is 5.91 Å². The number of rotatable bonds is 21. The summed E-state index contributed by atoms with van der Waals surface area (Å²) in [6, 6.07) is -11.4. The highest BCUT2D eigenvalue weighted by Gasteiger charge is 2.55. The second-order valence-corrected chi connectivity index (χ2v) is 30.4. The van der Waals surface area contributed by atoms with Crippen LogP contribution >= 0.6 is 11.8 Å². The molecule has 0 bridgehead atoms. The summed E-state index contributed by atoms with van der Waals surface area (Å²) in [4.78, 5) is 171. The van der Waals surface area contributed by atoms with Crippen molar-refractivity contribution in [2.75, 3.05) is 55.9 Å². The maximum absolute atomic E-state index is 16.3. The zero-order chi connectivity index (χ0) is 72.9. The normalized spacial score (nSPS) is 27.0. The summed E-state index contributed by atoms with van der Waals surface area (Å²) >= 11 is 1.16. The van der Waals surface area contributed by atoms with Crippen LogP contribution in [0, 0.1) is 41.4 Å². The number of nitrogens with zero attached hydrogens (tertiary/aromatic N) is 7. The first kappa shape index (κ1) is 86.2. The Kier molecular flexibility index (Phi) is 36.1. The summed E-state index contributed by atoms with van der Waals surface area (Å²) in [6.45, 7) is 35.5. The molecule has 1 rings (SSSR count). The summed E-state index contributed by atoms with van der Waals surface area (Å²) in [5.41, 5.74) is 0. The first-order chi connectivity index (χ1) is 43.4. The van der Waals surface area contributed by atoms with Crippen LogP contribution in [-0.4, -0.2) is 237 Å². The lowest BCUT2D eigenvalue weighted by atomic mass is 9.91. The minimum Gasteiger partial charge on any atom is -0.390 e. The van der Waals surface area contributed by atoms with Gasteiger partial charge in [-0.1, -0.05) is 122 Å². The van der Waals surface area contributed by atoms with Crippen molar-refractivity contribution in [3.05, 3.63) is 12.2 Å². The Labute approximate surface area is 569 Å². The van der Waals surface area contributed by atoms with E-state index in [0.29, 0.717) is 0 Å². The van der Waals surface area contributed by atoms with E-state index < -0.39 is 160 Å². The van der Waals surface area contributed by atoms with Gasteiger partial charge in [-0.25, -0.2) is 0 Å². The molecule has 0 aliphatic carbocycles. The van der Waals surface area contributed by atoms with E-state index in [4.69, 9.17) is 0 Å². The molecule has 1 aliphatic rings. The average Bonchev–Trinajstić information content (AvgIpc) is 0.754. The van der Waals surface area contributed by atoms with Crippen molar-refractivity contribution in [3.63, 3.8) is 0 Å². The molecule has 94 heavy (non-hydrogen) atoms. The molecule has 1 heterocycles. The molecule has 24 nitrogen and oxygen atoms in total. The Balaban J connectivity index is 4.64. The van der Waals surface area contributed by atoms with E-state index >= 15 is 19.2 Å². The summed E-state index contributed by atoms with van der Waals surface area (Å²) < 4.78 is 0. The van der Waals surface area contributed by atoms with Crippen molar-refractivity contribution in [1.82, 2.24) is 60.9 Å².